The lowest BCUT2D eigenvalue weighted by Crippen LogP contribution is -1.85. The normalized spacial score (nSPS) is 10.8. The Bertz CT molecular complexity index is 717. The van der Waals surface area contributed by atoms with Gasteiger partial charge in [0.2, 0.25) is 0 Å². The van der Waals surface area contributed by atoms with E-state index in [1.807, 2.05) is 18.2 Å². The van der Waals surface area contributed by atoms with Crippen LogP contribution in [-0.2, 0) is 12.3 Å². The Morgan fingerprint density at radius 1 is 0.952 bits per heavy atom. The van der Waals surface area contributed by atoms with E-state index in [0.29, 0.717) is 5.88 Å². The van der Waals surface area contributed by atoms with Gasteiger partial charge in [-0.05, 0) is 12.0 Å². The highest BCUT2D eigenvalue weighted by atomic mass is 35.5. The van der Waals surface area contributed by atoms with E-state index in [9.17, 15) is 0 Å². The van der Waals surface area contributed by atoms with Crippen molar-refractivity contribution in [1.82, 2.24) is 4.98 Å². The summed E-state index contributed by atoms with van der Waals surface area (Å²) in [7, 11) is 0. The predicted octanol–water partition coefficient (Wildman–Crippen LogP) is 5.78. The molecule has 0 unspecified atom stereocenters. The van der Waals surface area contributed by atoms with Crippen LogP contribution < -0.4 is 0 Å². The van der Waals surface area contributed by atoms with E-state index >= 15 is 0 Å². The third kappa shape index (κ3) is 3.02. The zero-order chi connectivity index (χ0) is 14.7. The number of hydrogen-bond donors (Lipinski definition) is 0. The molecule has 106 valence electrons. The van der Waals surface area contributed by atoms with Crippen molar-refractivity contribution in [2.24, 2.45) is 0 Å². The van der Waals surface area contributed by atoms with Crippen LogP contribution in [0.1, 0.15) is 17.4 Å². The van der Waals surface area contributed by atoms with Gasteiger partial charge in [-0.15, -0.1) is 22.9 Å². The minimum absolute atomic E-state index is 0.495. The number of rotatable bonds is 4. The number of hydrogen-bond acceptors (Lipinski definition) is 2. The van der Waals surface area contributed by atoms with Crippen LogP contribution in [0.15, 0.2) is 54.6 Å². The standard InChI is InChI=1S/C18H16ClNS/c1-2-13-8-10-14(11-9-13)17-16(12-19)21-18(20-17)15-6-4-3-5-7-15/h3-11H,2,12H2,1H3. The fraction of sp³-hybridized carbons (Fsp3) is 0.167. The SMILES string of the molecule is CCc1ccc(-c2nc(-c3ccccc3)sc2CCl)cc1. The highest BCUT2D eigenvalue weighted by Gasteiger charge is 2.13. The third-order valence-electron chi connectivity index (χ3n) is 3.48. The molecule has 0 saturated carbocycles. The first-order chi connectivity index (χ1) is 10.3. The number of aromatic nitrogens is 1. The number of halogens is 1. The van der Waals surface area contributed by atoms with Crippen LogP contribution in [0.3, 0.4) is 0 Å². The smallest absolute Gasteiger partial charge is 0.124 e. The summed E-state index contributed by atoms with van der Waals surface area (Å²) < 4.78 is 0. The largest absolute Gasteiger partial charge is 0.236 e. The van der Waals surface area contributed by atoms with Gasteiger partial charge in [0.15, 0.2) is 0 Å². The van der Waals surface area contributed by atoms with Crippen LogP contribution in [0.25, 0.3) is 21.8 Å². The van der Waals surface area contributed by atoms with Gasteiger partial charge in [0, 0.05) is 16.0 Å². The molecular formula is C18H16ClNS. The fourth-order valence-electron chi connectivity index (χ4n) is 2.27. The van der Waals surface area contributed by atoms with Crippen molar-refractivity contribution in [3.8, 4) is 21.8 Å². The van der Waals surface area contributed by atoms with Gasteiger partial charge < -0.3 is 0 Å². The molecule has 0 aliphatic heterocycles. The zero-order valence-corrected chi connectivity index (χ0v) is 13.4. The molecule has 0 fully saturated rings. The van der Waals surface area contributed by atoms with Crippen molar-refractivity contribution in [1.29, 1.82) is 0 Å². The van der Waals surface area contributed by atoms with Crippen LogP contribution >= 0.6 is 22.9 Å². The molecule has 0 radical (unpaired) electrons. The van der Waals surface area contributed by atoms with E-state index in [0.717, 1.165) is 33.1 Å². The van der Waals surface area contributed by atoms with Crippen molar-refractivity contribution in [2.45, 2.75) is 19.2 Å². The quantitative estimate of drug-likeness (QED) is 0.556. The number of alkyl halides is 1. The van der Waals surface area contributed by atoms with Gasteiger partial charge in [-0.3, -0.25) is 0 Å². The average molecular weight is 314 g/mol. The molecule has 0 aliphatic carbocycles. The van der Waals surface area contributed by atoms with Gasteiger partial charge in [0.05, 0.1) is 11.6 Å². The second-order valence-electron chi connectivity index (χ2n) is 4.84. The highest BCUT2D eigenvalue weighted by molar-refractivity contribution is 7.15. The average Bonchev–Trinajstić information content (AvgIpc) is 3.00. The number of aryl methyl sites for hydroxylation is 1. The molecule has 0 N–H and O–H groups in total. The molecule has 0 bridgehead atoms. The van der Waals surface area contributed by atoms with Gasteiger partial charge >= 0.3 is 0 Å². The Morgan fingerprint density at radius 2 is 1.67 bits per heavy atom. The summed E-state index contributed by atoms with van der Waals surface area (Å²) in [5.74, 6) is 0.495. The molecular weight excluding hydrogens is 298 g/mol. The lowest BCUT2D eigenvalue weighted by atomic mass is 10.1. The summed E-state index contributed by atoms with van der Waals surface area (Å²) >= 11 is 7.79. The molecule has 0 atom stereocenters. The first-order valence-corrected chi connectivity index (χ1v) is 8.37. The Morgan fingerprint density at radius 3 is 2.29 bits per heavy atom. The predicted molar refractivity (Wildman–Crippen MR) is 91.9 cm³/mol. The summed E-state index contributed by atoms with van der Waals surface area (Å²) in [6.45, 7) is 2.16. The summed E-state index contributed by atoms with van der Waals surface area (Å²) in [5, 5.41) is 1.03. The molecule has 21 heavy (non-hydrogen) atoms. The van der Waals surface area contributed by atoms with E-state index in [-0.39, 0.29) is 0 Å². The van der Waals surface area contributed by atoms with Gasteiger partial charge in [-0.1, -0.05) is 61.5 Å². The maximum atomic E-state index is 6.11. The van der Waals surface area contributed by atoms with Crippen LogP contribution in [-0.4, -0.2) is 4.98 Å². The molecule has 0 spiro atoms. The molecule has 1 heterocycles. The van der Waals surface area contributed by atoms with Crippen LogP contribution in [0.5, 0.6) is 0 Å². The van der Waals surface area contributed by atoms with Gasteiger partial charge in [0.1, 0.15) is 5.01 Å². The Kier molecular flexibility index (Phi) is 4.37. The van der Waals surface area contributed by atoms with Crippen LogP contribution in [0.4, 0.5) is 0 Å². The summed E-state index contributed by atoms with van der Waals surface area (Å²) in [5.41, 5.74) is 4.63. The monoisotopic (exact) mass is 313 g/mol. The molecule has 1 aromatic heterocycles. The van der Waals surface area contributed by atoms with Gasteiger partial charge in [-0.25, -0.2) is 4.98 Å². The molecule has 0 amide bonds. The maximum absolute atomic E-state index is 6.11. The first-order valence-electron chi connectivity index (χ1n) is 7.02. The highest BCUT2D eigenvalue weighted by Crippen LogP contribution is 2.34. The van der Waals surface area contributed by atoms with Gasteiger partial charge in [0.25, 0.3) is 0 Å². The van der Waals surface area contributed by atoms with E-state index in [1.165, 1.54) is 5.56 Å². The number of nitrogens with zero attached hydrogens (tertiary/aromatic N) is 1. The minimum atomic E-state index is 0.495. The van der Waals surface area contributed by atoms with E-state index in [4.69, 9.17) is 16.6 Å². The summed E-state index contributed by atoms with van der Waals surface area (Å²) in [4.78, 5) is 5.94. The van der Waals surface area contributed by atoms with Crippen molar-refractivity contribution >= 4 is 22.9 Å². The van der Waals surface area contributed by atoms with E-state index in [1.54, 1.807) is 11.3 Å². The Balaban J connectivity index is 2.03. The lowest BCUT2D eigenvalue weighted by molar-refractivity contribution is 1.14. The first kappa shape index (κ1) is 14.3. The molecule has 0 saturated heterocycles. The van der Waals surface area contributed by atoms with Crippen molar-refractivity contribution in [2.75, 3.05) is 0 Å². The molecule has 1 nitrogen and oxygen atoms in total. The third-order valence-corrected chi connectivity index (χ3v) is 5.01. The van der Waals surface area contributed by atoms with Crippen molar-refractivity contribution < 1.29 is 0 Å². The molecule has 0 aliphatic rings. The number of benzene rings is 2. The van der Waals surface area contributed by atoms with Crippen LogP contribution in [0.2, 0.25) is 0 Å². The van der Waals surface area contributed by atoms with E-state index < -0.39 is 0 Å². The lowest BCUT2D eigenvalue weighted by Gasteiger charge is -2.01. The zero-order valence-electron chi connectivity index (χ0n) is 11.8. The Hall–Kier alpha value is -1.64. The van der Waals surface area contributed by atoms with E-state index in [2.05, 4.69) is 43.3 Å². The van der Waals surface area contributed by atoms with Crippen LogP contribution in [0, 0.1) is 0 Å². The second-order valence-corrected chi connectivity index (χ2v) is 6.19. The van der Waals surface area contributed by atoms with Crippen molar-refractivity contribution in [3.63, 3.8) is 0 Å². The topological polar surface area (TPSA) is 12.9 Å². The fourth-order valence-corrected chi connectivity index (χ4v) is 3.50. The molecule has 3 heteroatoms. The van der Waals surface area contributed by atoms with Gasteiger partial charge in [-0.2, -0.15) is 0 Å². The second kappa shape index (κ2) is 6.42. The maximum Gasteiger partial charge on any atom is 0.124 e. The van der Waals surface area contributed by atoms with Crippen molar-refractivity contribution in [3.05, 3.63) is 65.0 Å². The Labute approximate surface area is 134 Å². The summed E-state index contributed by atoms with van der Waals surface area (Å²) in [6, 6.07) is 18.9. The molecule has 2 aromatic carbocycles. The summed E-state index contributed by atoms with van der Waals surface area (Å²) in [6.07, 6.45) is 1.05. The number of thiazole rings is 1. The molecule has 3 rings (SSSR count). The molecule has 3 aromatic rings. The minimum Gasteiger partial charge on any atom is -0.236 e.